The summed E-state index contributed by atoms with van der Waals surface area (Å²) in [7, 11) is 0. The number of halogens is 3. The monoisotopic (exact) mass is 267 g/mol. The van der Waals surface area contributed by atoms with Crippen molar-refractivity contribution in [3.8, 4) is 0 Å². The average molecular weight is 267 g/mol. The van der Waals surface area contributed by atoms with Crippen LogP contribution in [0.25, 0.3) is 5.70 Å². The molecule has 0 unspecified atom stereocenters. The van der Waals surface area contributed by atoms with E-state index < -0.39 is 11.7 Å². The molecule has 0 aromatic heterocycles. The summed E-state index contributed by atoms with van der Waals surface area (Å²) in [6.07, 6.45) is -0.165. The molecule has 1 aromatic carbocycles. The maximum atomic E-state index is 12.5. The van der Waals surface area contributed by atoms with Crippen molar-refractivity contribution in [2.75, 3.05) is 0 Å². The quantitative estimate of drug-likeness (QED) is 0.531. The molecule has 0 saturated carbocycles. The lowest BCUT2D eigenvalue weighted by Crippen LogP contribution is -2.04. The van der Waals surface area contributed by atoms with Gasteiger partial charge in [0.2, 0.25) is 0 Å². The summed E-state index contributed by atoms with van der Waals surface area (Å²) in [6, 6.07) is 4.96. The van der Waals surface area contributed by atoms with Crippen LogP contribution in [-0.2, 0) is 6.18 Å². The smallest absolute Gasteiger partial charge is 0.261 e. The van der Waals surface area contributed by atoms with E-state index in [1.54, 1.807) is 19.2 Å². The van der Waals surface area contributed by atoms with E-state index in [0.717, 1.165) is 24.1 Å². The SMILES string of the molecule is C=C(/C=C(\N=CC)c1ccc(C(F)(F)F)cc1)CC. The summed E-state index contributed by atoms with van der Waals surface area (Å²) in [5.74, 6) is 0. The minimum Gasteiger partial charge on any atom is -0.261 e. The van der Waals surface area contributed by atoms with E-state index >= 15 is 0 Å². The number of rotatable bonds is 4. The number of alkyl halides is 3. The van der Waals surface area contributed by atoms with Crippen molar-refractivity contribution < 1.29 is 13.2 Å². The number of aliphatic imine (C=N–C) groups is 1. The first kappa shape index (κ1) is 15.2. The molecule has 0 aliphatic carbocycles. The van der Waals surface area contributed by atoms with Crippen LogP contribution < -0.4 is 0 Å². The summed E-state index contributed by atoms with van der Waals surface area (Å²) in [6.45, 7) is 7.56. The molecule has 0 fully saturated rings. The van der Waals surface area contributed by atoms with E-state index in [0.29, 0.717) is 11.3 Å². The van der Waals surface area contributed by atoms with Gasteiger partial charge in [0.1, 0.15) is 0 Å². The third-order valence-corrected chi connectivity index (χ3v) is 2.57. The molecule has 0 radical (unpaired) electrons. The van der Waals surface area contributed by atoms with Gasteiger partial charge in [0.15, 0.2) is 0 Å². The number of nitrogens with zero attached hydrogens (tertiary/aromatic N) is 1. The highest BCUT2D eigenvalue weighted by atomic mass is 19.4. The van der Waals surface area contributed by atoms with Gasteiger partial charge in [-0.1, -0.05) is 31.2 Å². The zero-order chi connectivity index (χ0) is 14.5. The van der Waals surface area contributed by atoms with Crippen LogP contribution in [0.5, 0.6) is 0 Å². The minimum atomic E-state index is -4.32. The molecule has 0 saturated heterocycles. The Hall–Kier alpha value is -1.84. The van der Waals surface area contributed by atoms with Gasteiger partial charge in [0.25, 0.3) is 0 Å². The van der Waals surface area contributed by atoms with Gasteiger partial charge in [-0.2, -0.15) is 13.2 Å². The molecule has 0 N–H and O–H groups in total. The van der Waals surface area contributed by atoms with Crippen LogP contribution in [0.1, 0.15) is 31.4 Å². The molecule has 19 heavy (non-hydrogen) atoms. The van der Waals surface area contributed by atoms with Crippen molar-refractivity contribution in [2.45, 2.75) is 26.4 Å². The van der Waals surface area contributed by atoms with Gasteiger partial charge in [-0.05, 0) is 31.6 Å². The normalized spacial score (nSPS) is 13.0. The van der Waals surface area contributed by atoms with Crippen molar-refractivity contribution in [2.24, 2.45) is 4.99 Å². The molecule has 0 aliphatic heterocycles. The van der Waals surface area contributed by atoms with E-state index in [9.17, 15) is 13.2 Å². The lowest BCUT2D eigenvalue weighted by atomic mass is 10.1. The summed E-state index contributed by atoms with van der Waals surface area (Å²) < 4.78 is 37.4. The third-order valence-electron chi connectivity index (χ3n) is 2.57. The number of hydrogen-bond acceptors (Lipinski definition) is 1. The molecule has 4 heteroatoms. The van der Waals surface area contributed by atoms with Crippen molar-refractivity contribution >= 4 is 11.9 Å². The van der Waals surface area contributed by atoms with Gasteiger partial charge < -0.3 is 0 Å². The van der Waals surface area contributed by atoms with Gasteiger partial charge in [0.05, 0.1) is 11.3 Å². The number of hydrogen-bond donors (Lipinski definition) is 0. The topological polar surface area (TPSA) is 12.4 Å². The largest absolute Gasteiger partial charge is 0.416 e. The summed E-state index contributed by atoms with van der Waals surface area (Å²) in [5.41, 5.74) is 1.47. The Morgan fingerprint density at radius 2 is 1.84 bits per heavy atom. The predicted octanol–water partition coefficient (Wildman–Crippen LogP) is 5.10. The van der Waals surface area contributed by atoms with E-state index in [4.69, 9.17) is 0 Å². The molecule has 0 amide bonds. The van der Waals surface area contributed by atoms with Crippen LogP contribution in [0.15, 0.2) is 47.5 Å². The Labute approximate surface area is 111 Å². The first-order valence-corrected chi connectivity index (χ1v) is 5.94. The highest BCUT2D eigenvalue weighted by Crippen LogP contribution is 2.30. The highest BCUT2D eigenvalue weighted by molar-refractivity contribution is 5.74. The van der Waals surface area contributed by atoms with Crippen molar-refractivity contribution in [1.82, 2.24) is 0 Å². The van der Waals surface area contributed by atoms with Crippen LogP contribution in [0, 0.1) is 0 Å². The molecule has 102 valence electrons. The van der Waals surface area contributed by atoms with E-state index in [2.05, 4.69) is 11.6 Å². The lowest BCUT2D eigenvalue weighted by molar-refractivity contribution is -0.137. The molecule has 0 bridgehead atoms. The third kappa shape index (κ3) is 4.39. The second kappa shape index (κ2) is 6.36. The fourth-order valence-electron chi connectivity index (χ4n) is 1.46. The summed E-state index contributed by atoms with van der Waals surface area (Å²) >= 11 is 0. The Bertz CT molecular complexity index is 493. The molecule has 0 heterocycles. The molecule has 1 aromatic rings. The van der Waals surface area contributed by atoms with E-state index in [1.807, 2.05) is 6.92 Å². The van der Waals surface area contributed by atoms with Crippen molar-refractivity contribution in [1.29, 1.82) is 0 Å². The Kier molecular flexibility index (Phi) is 5.10. The van der Waals surface area contributed by atoms with Gasteiger partial charge in [-0.15, -0.1) is 0 Å². The summed E-state index contributed by atoms with van der Waals surface area (Å²) in [4.78, 5) is 4.17. The van der Waals surface area contributed by atoms with Crippen LogP contribution in [0.3, 0.4) is 0 Å². The first-order valence-electron chi connectivity index (χ1n) is 5.94. The molecular weight excluding hydrogens is 251 g/mol. The fourth-order valence-corrected chi connectivity index (χ4v) is 1.46. The molecule has 1 nitrogen and oxygen atoms in total. The zero-order valence-corrected chi connectivity index (χ0v) is 11.0. The van der Waals surface area contributed by atoms with Crippen molar-refractivity contribution in [3.63, 3.8) is 0 Å². The predicted molar refractivity (Wildman–Crippen MR) is 73.0 cm³/mol. The van der Waals surface area contributed by atoms with Crippen LogP contribution in [-0.4, -0.2) is 6.21 Å². The van der Waals surface area contributed by atoms with Gasteiger partial charge in [0, 0.05) is 11.8 Å². The van der Waals surface area contributed by atoms with Crippen LogP contribution in [0.4, 0.5) is 13.2 Å². The van der Waals surface area contributed by atoms with Crippen LogP contribution in [0.2, 0.25) is 0 Å². The molecule has 0 spiro atoms. The Morgan fingerprint density at radius 1 is 1.26 bits per heavy atom. The van der Waals surface area contributed by atoms with Crippen LogP contribution >= 0.6 is 0 Å². The fraction of sp³-hybridized carbons (Fsp3) is 0.267. The number of allylic oxidation sites excluding steroid dienone is 2. The number of benzene rings is 1. The van der Waals surface area contributed by atoms with E-state index in [1.165, 1.54) is 12.1 Å². The van der Waals surface area contributed by atoms with Gasteiger partial charge in [-0.25, -0.2) is 0 Å². The molecule has 0 aliphatic rings. The second-order valence-corrected chi connectivity index (χ2v) is 4.00. The average Bonchev–Trinajstić information content (AvgIpc) is 2.37. The Balaban J connectivity index is 3.12. The maximum absolute atomic E-state index is 12.5. The summed E-state index contributed by atoms with van der Waals surface area (Å²) in [5, 5.41) is 0. The first-order chi connectivity index (χ1) is 8.88. The standard InChI is InChI=1S/C15H16F3N/c1-4-11(3)10-14(19-5-2)12-6-8-13(9-7-12)15(16,17)18/h5-10H,3-4H2,1-2H3/b14-10-,19-5?. The van der Waals surface area contributed by atoms with Gasteiger partial charge >= 0.3 is 6.18 Å². The zero-order valence-electron chi connectivity index (χ0n) is 11.0. The van der Waals surface area contributed by atoms with E-state index in [-0.39, 0.29) is 0 Å². The maximum Gasteiger partial charge on any atom is 0.416 e. The minimum absolute atomic E-state index is 0.614. The second-order valence-electron chi connectivity index (χ2n) is 4.00. The molecular formula is C15H16F3N. The van der Waals surface area contributed by atoms with Crippen molar-refractivity contribution in [3.05, 3.63) is 53.6 Å². The Morgan fingerprint density at radius 3 is 2.26 bits per heavy atom. The van der Waals surface area contributed by atoms with Gasteiger partial charge in [-0.3, -0.25) is 4.99 Å². The lowest BCUT2D eigenvalue weighted by Gasteiger charge is -2.08. The molecule has 1 rings (SSSR count). The highest BCUT2D eigenvalue weighted by Gasteiger charge is 2.29. The molecule has 0 atom stereocenters.